The van der Waals surface area contributed by atoms with Gasteiger partial charge >= 0.3 is 0 Å². The Hall–Kier alpha value is -5.87. The summed E-state index contributed by atoms with van der Waals surface area (Å²) in [7, 11) is -9.86. The fraction of sp³-hybridized carbons (Fsp3) is 0.250. The van der Waals surface area contributed by atoms with Gasteiger partial charge in [0.15, 0.2) is 29.5 Å². The fourth-order valence-electron chi connectivity index (χ4n) is 4.86. The van der Waals surface area contributed by atoms with Crippen LogP contribution in [0.3, 0.4) is 0 Å². The Balaban J connectivity index is 0. The predicted molar refractivity (Wildman–Crippen MR) is 288 cm³/mol. The summed E-state index contributed by atoms with van der Waals surface area (Å²) in [5, 5.41) is 12.3. The Morgan fingerprint density at radius 1 is 0.537 bits per heavy atom. The molecule has 1 N–H and O–H groups in total. The van der Waals surface area contributed by atoms with Gasteiger partial charge in [0.2, 0.25) is 0 Å². The quantitative estimate of drug-likeness (QED) is 0.179. The zero-order valence-electron chi connectivity index (χ0n) is 40.9. The van der Waals surface area contributed by atoms with Crippen LogP contribution in [0.15, 0.2) is 194 Å². The van der Waals surface area contributed by atoms with Crippen LogP contribution in [0.1, 0.15) is 94.2 Å². The zero-order chi connectivity index (χ0) is 51.2. The number of hydrogen-bond acceptors (Lipinski definition) is 11. The molecule has 4 aromatic rings. The number of allylic oxidation sites excluding steroid dienone is 6. The molecule has 15 heteroatoms. The van der Waals surface area contributed by atoms with Gasteiger partial charge in [0.25, 0.3) is 0 Å². The normalized spacial score (nSPS) is 16.3. The highest BCUT2D eigenvalue weighted by molar-refractivity contribution is 7.97. The molecule has 1 aromatic heterocycles. The van der Waals surface area contributed by atoms with Crippen molar-refractivity contribution in [2.45, 2.75) is 98.9 Å². The van der Waals surface area contributed by atoms with Gasteiger partial charge in [0, 0.05) is 56.4 Å². The molecule has 0 amide bonds. The Bertz CT molecular complexity index is 2530. The zero-order valence-corrected chi connectivity index (χ0v) is 44.2. The largest absolute Gasteiger partial charge is 0.378 e. The van der Waals surface area contributed by atoms with Crippen LogP contribution in [0, 0.1) is 0 Å². The SMILES string of the molecule is C1=CC2=NC=CNC2C=C1.CC.CC.CC.CC.CC.CC.O=S1(=O)C=CC=C1.O=S1(=O)C=Cc2ccccc21.O=S1(=O)C=Cc2ccccc21.O=S1C=CC=C1.c1ccc2ncncc2c1. The Labute approximate surface area is 405 Å². The first-order valence-corrected chi connectivity index (χ1v) is 28.3. The third-order valence-electron chi connectivity index (χ3n) is 7.48. The van der Waals surface area contributed by atoms with Crippen LogP contribution in [0.25, 0.3) is 23.1 Å². The molecular formula is C52H70N4O7S4. The summed E-state index contributed by atoms with van der Waals surface area (Å²) >= 11 is 0. The van der Waals surface area contributed by atoms with E-state index >= 15 is 0 Å². The number of fused-ring (bicyclic) bond motifs is 4. The van der Waals surface area contributed by atoms with E-state index in [0.717, 1.165) is 38.6 Å². The molecule has 0 saturated carbocycles. The predicted octanol–water partition coefficient (Wildman–Crippen LogP) is 12.9. The molecule has 6 heterocycles. The first-order valence-electron chi connectivity index (χ1n) is 22.3. The molecule has 5 aliphatic heterocycles. The van der Waals surface area contributed by atoms with Crippen molar-refractivity contribution in [2.75, 3.05) is 0 Å². The molecule has 11 nitrogen and oxygen atoms in total. The Morgan fingerprint density at radius 3 is 1.43 bits per heavy atom. The number of para-hydroxylation sites is 1. The summed E-state index contributed by atoms with van der Waals surface area (Å²) < 4.78 is 75.4. The summed E-state index contributed by atoms with van der Waals surface area (Å²) in [6.07, 6.45) is 24.9. The van der Waals surface area contributed by atoms with Crippen LogP contribution in [0.4, 0.5) is 0 Å². The van der Waals surface area contributed by atoms with E-state index < -0.39 is 40.3 Å². The lowest BCUT2D eigenvalue weighted by molar-refractivity contribution is 0.604. The number of aliphatic imine (C=N–C) groups is 1. The first-order chi connectivity index (χ1) is 32.4. The molecule has 364 valence electrons. The van der Waals surface area contributed by atoms with Gasteiger partial charge in [0.05, 0.1) is 37.9 Å². The summed E-state index contributed by atoms with van der Waals surface area (Å²) in [5.74, 6) is 0. The minimum absolute atomic E-state index is 0.301. The van der Waals surface area contributed by atoms with Gasteiger partial charge in [-0.15, -0.1) is 0 Å². The van der Waals surface area contributed by atoms with Gasteiger partial charge in [-0.2, -0.15) is 0 Å². The minimum atomic E-state index is -3.09. The molecule has 0 spiro atoms. The summed E-state index contributed by atoms with van der Waals surface area (Å²) in [4.78, 5) is 13.0. The van der Waals surface area contributed by atoms with Crippen molar-refractivity contribution in [1.82, 2.24) is 15.3 Å². The molecule has 0 radical (unpaired) electrons. The van der Waals surface area contributed by atoms with Gasteiger partial charge in [0.1, 0.15) is 6.33 Å². The summed E-state index contributed by atoms with van der Waals surface area (Å²) in [6, 6.07) is 22.1. The number of benzene rings is 3. The minimum Gasteiger partial charge on any atom is -0.378 e. The molecule has 67 heavy (non-hydrogen) atoms. The maximum atomic E-state index is 11.2. The molecule has 6 aliphatic rings. The molecule has 10 rings (SSSR count). The second-order valence-electron chi connectivity index (χ2n) is 11.3. The monoisotopic (exact) mass is 990 g/mol. The number of nitrogens with one attached hydrogen (secondary N) is 1. The van der Waals surface area contributed by atoms with Crippen LogP contribution in [0.5, 0.6) is 0 Å². The van der Waals surface area contributed by atoms with Crippen molar-refractivity contribution in [3.63, 3.8) is 0 Å². The molecule has 1 atom stereocenters. The van der Waals surface area contributed by atoms with E-state index in [9.17, 15) is 29.5 Å². The van der Waals surface area contributed by atoms with Crippen molar-refractivity contribution in [3.8, 4) is 0 Å². The summed E-state index contributed by atoms with van der Waals surface area (Å²) in [6.45, 7) is 24.0. The standard InChI is InChI=1S/C8H6N2.C8H8N2.2C8H6O2S.C4H4O2S.C4H4OS.6C2H6/c1-2-4-8-7(3-1)5-9-6-10-8;1-2-4-8-7(3-1)9-5-6-10-8;2*9-11(10)6-5-7-3-1-2-4-8(7)11;5-7(6)3-1-2-4-7;5-6-3-1-2-4-6;6*1-2/h1-6H;1-7,9H;2*1-6H;1-4H;1-4H;6*1-2H3. The lowest BCUT2D eigenvalue weighted by atomic mass is 10.1. The van der Waals surface area contributed by atoms with Crippen molar-refractivity contribution >= 4 is 69.1 Å². The van der Waals surface area contributed by atoms with E-state index in [0.29, 0.717) is 15.8 Å². The average Bonchev–Trinajstić information content (AvgIpc) is 4.20. The van der Waals surface area contributed by atoms with Gasteiger partial charge < -0.3 is 5.32 Å². The van der Waals surface area contributed by atoms with Crippen LogP contribution >= 0.6 is 0 Å². The molecule has 0 fully saturated rings. The van der Waals surface area contributed by atoms with Crippen LogP contribution in [-0.4, -0.2) is 51.2 Å². The van der Waals surface area contributed by atoms with E-state index in [2.05, 4.69) is 26.4 Å². The van der Waals surface area contributed by atoms with E-state index in [1.807, 2.05) is 150 Å². The third kappa shape index (κ3) is 23.9. The highest BCUT2D eigenvalue weighted by Gasteiger charge is 2.19. The second kappa shape index (κ2) is 37.2. The molecule has 1 aliphatic carbocycles. The van der Waals surface area contributed by atoms with Gasteiger partial charge in [-0.25, -0.2) is 35.2 Å². The number of hydrogen-bond donors (Lipinski definition) is 1. The first kappa shape index (κ1) is 63.2. The number of rotatable bonds is 0. The number of nitrogens with zero attached hydrogens (tertiary/aromatic N) is 3. The van der Waals surface area contributed by atoms with Crippen LogP contribution < -0.4 is 5.32 Å². The van der Waals surface area contributed by atoms with Gasteiger partial charge in [-0.3, -0.25) is 9.20 Å². The molecule has 3 aromatic carbocycles. The highest BCUT2D eigenvalue weighted by atomic mass is 32.2. The second-order valence-corrected chi connectivity index (χ2v) is 17.9. The molecule has 0 bridgehead atoms. The maximum absolute atomic E-state index is 11.2. The fourth-order valence-corrected chi connectivity index (χ4v) is 8.57. The van der Waals surface area contributed by atoms with Crippen LogP contribution in [-0.2, 0) is 40.3 Å². The van der Waals surface area contributed by atoms with Crippen molar-refractivity contribution in [1.29, 1.82) is 0 Å². The molecule has 0 saturated heterocycles. The van der Waals surface area contributed by atoms with Crippen molar-refractivity contribution in [3.05, 3.63) is 190 Å². The average molecular weight is 991 g/mol. The Morgan fingerprint density at radius 2 is 1.01 bits per heavy atom. The third-order valence-corrected chi connectivity index (χ3v) is 12.4. The molecule has 1 unspecified atom stereocenters. The van der Waals surface area contributed by atoms with Crippen LogP contribution in [0.2, 0.25) is 0 Å². The van der Waals surface area contributed by atoms with Crippen molar-refractivity contribution < 1.29 is 29.5 Å². The maximum Gasteiger partial charge on any atom is 0.200 e. The topological polar surface area (TPSA) is 170 Å². The molecular weight excluding hydrogens is 921 g/mol. The number of aromatic nitrogens is 2. The van der Waals surface area contributed by atoms with Gasteiger partial charge in [-0.1, -0.05) is 168 Å². The van der Waals surface area contributed by atoms with E-state index in [4.69, 9.17) is 0 Å². The highest BCUT2D eigenvalue weighted by Crippen LogP contribution is 2.26. The van der Waals surface area contributed by atoms with Gasteiger partial charge in [-0.05, 0) is 59.7 Å². The summed E-state index contributed by atoms with van der Waals surface area (Å²) in [5.41, 5.74) is 3.66. The van der Waals surface area contributed by atoms with E-state index in [1.165, 1.54) is 23.0 Å². The lowest BCUT2D eigenvalue weighted by Crippen LogP contribution is -2.33. The Kier molecular flexibility index (Phi) is 35.1. The smallest absolute Gasteiger partial charge is 0.200 e. The van der Waals surface area contributed by atoms with Crippen molar-refractivity contribution in [2.24, 2.45) is 4.99 Å². The van der Waals surface area contributed by atoms with E-state index in [-0.39, 0.29) is 0 Å². The number of sulfone groups is 3. The van der Waals surface area contributed by atoms with E-state index in [1.54, 1.807) is 84.0 Å². The lowest BCUT2D eigenvalue weighted by Gasteiger charge is -2.17.